The number of rotatable bonds is 2. The third-order valence-electron chi connectivity index (χ3n) is 8.50. The minimum Gasteiger partial charge on any atom is -0.383 e. The molecule has 0 bridgehead atoms. The number of ether oxygens (including phenoxy) is 1. The van der Waals surface area contributed by atoms with Gasteiger partial charge in [-0.2, -0.15) is 0 Å². The first-order chi connectivity index (χ1) is 16.9. The van der Waals surface area contributed by atoms with Crippen LogP contribution in [-0.2, 0) is 28.2 Å². The van der Waals surface area contributed by atoms with Crippen molar-refractivity contribution in [2.75, 3.05) is 29.1 Å². The van der Waals surface area contributed by atoms with Crippen LogP contribution in [0.3, 0.4) is 0 Å². The highest BCUT2D eigenvalue weighted by molar-refractivity contribution is 6.10. The summed E-state index contributed by atoms with van der Waals surface area (Å²) in [4.78, 5) is 26.0. The van der Waals surface area contributed by atoms with Crippen LogP contribution < -0.4 is 15.5 Å². The largest absolute Gasteiger partial charge is 0.383 e. The molecule has 3 aliphatic heterocycles. The van der Waals surface area contributed by atoms with Crippen molar-refractivity contribution in [1.29, 1.82) is 0 Å². The van der Waals surface area contributed by atoms with E-state index in [0.717, 1.165) is 71.2 Å². The normalized spacial score (nSPS) is 24.4. The molecule has 2 aromatic heterocycles. The second-order valence-corrected chi connectivity index (χ2v) is 10.7. The minimum atomic E-state index is -0.513. The highest BCUT2D eigenvalue weighted by Gasteiger charge is 2.59. The maximum atomic E-state index is 15.4. The number of carbonyl (C=O) groups excluding carboxylic acids is 1. The monoisotopic (exact) mass is 473 g/mol. The number of hydrogen-bond donors (Lipinski definition) is 1. The van der Waals surface area contributed by atoms with Crippen LogP contribution in [0.25, 0.3) is 10.9 Å². The lowest BCUT2D eigenvalue weighted by molar-refractivity contribution is -0.119. The van der Waals surface area contributed by atoms with Gasteiger partial charge < -0.3 is 20.3 Å². The molecule has 2 fully saturated rings. The van der Waals surface area contributed by atoms with Gasteiger partial charge in [0.1, 0.15) is 17.5 Å². The fourth-order valence-corrected chi connectivity index (χ4v) is 6.44. The predicted molar refractivity (Wildman–Crippen MR) is 132 cm³/mol. The lowest BCUT2D eigenvalue weighted by atomic mass is 9.87. The van der Waals surface area contributed by atoms with Crippen LogP contribution in [0.1, 0.15) is 60.9 Å². The number of hydrogen-bond acceptors (Lipinski definition) is 6. The molecule has 1 saturated heterocycles. The highest BCUT2D eigenvalue weighted by atomic mass is 19.1. The van der Waals surface area contributed by atoms with Crippen molar-refractivity contribution < 1.29 is 13.9 Å². The molecule has 2 N–H and O–H groups in total. The molecule has 7 nitrogen and oxygen atoms in total. The van der Waals surface area contributed by atoms with Gasteiger partial charge in [-0.15, -0.1) is 0 Å². The number of fused-ring (bicyclic) bond motifs is 5. The van der Waals surface area contributed by atoms with E-state index in [-0.39, 0.29) is 17.8 Å². The molecule has 1 aliphatic carbocycles. The SMILES string of the molecule is C[C@H]1CCC(c2cc(F)c3c(c2)C2(CC2)C(=O)N3C)N(c2cc3c4c(c(N)nc3cn2)COC4)C1. The third kappa shape index (κ3) is 2.89. The Morgan fingerprint density at radius 3 is 2.77 bits per heavy atom. The Kier molecular flexibility index (Phi) is 4.29. The number of nitrogen functional groups attached to an aromatic ring is 1. The fraction of sp³-hybridized carbons (Fsp3) is 0.444. The predicted octanol–water partition coefficient (Wildman–Crippen LogP) is 4.37. The first kappa shape index (κ1) is 21.1. The molecule has 1 unspecified atom stereocenters. The molecular weight excluding hydrogens is 445 g/mol. The van der Waals surface area contributed by atoms with Crippen LogP contribution in [-0.4, -0.2) is 29.5 Å². The molecular formula is C27H28FN5O2. The molecule has 1 aromatic carbocycles. The van der Waals surface area contributed by atoms with E-state index >= 15 is 4.39 Å². The van der Waals surface area contributed by atoms with Crippen molar-refractivity contribution in [3.05, 3.63) is 52.5 Å². The van der Waals surface area contributed by atoms with Gasteiger partial charge in [-0.05, 0) is 60.4 Å². The number of likely N-dealkylation sites (N-methyl/N-ethyl adjacent to an activating group) is 1. The van der Waals surface area contributed by atoms with E-state index in [1.54, 1.807) is 19.3 Å². The number of pyridine rings is 2. The molecule has 180 valence electrons. The average molecular weight is 474 g/mol. The van der Waals surface area contributed by atoms with Gasteiger partial charge in [-0.25, -0.2) is 14.4 Å². The summed E-state index contributed by atoms with van der Waals surface area (Å²) in [5.41, 5.74) is 10.7. The van der Waals surface area contributed by atoms with Crippen molar-refractivity contribution in [2.24, 2.45) is 5.92 Å². The first-order valence-corrected chi connectivity index (χ1v) is 12.4. The van der Waals surface area contributed by atoms with E-state index in [1.807, 2.05) is 0 Å². The van der Waals surface area contributed by atoms with E-state index in [1.165, 1.54) is 4.90 Å². The van der Waals surface area contributed by atoms with E-state index < -0.39 is 5.41 Å². The summed E-state index contributed by atoms with van der Waals surface area (Å²) in [6.45, 7) is 4.07. The Morgan fingerprint density at radius 1 is 1.17 bits per heavy atom. The van der Waals surface area contributed by atoms with Crippen molar-refractivity contribution in [3.63, 3.8) is 0 Å². The smallest absolute Gasteiger partial charge is 0.237 e. The van der Waals surface area contributed by atoms with E-state index in [9.17, 15) is 4.79 Å². The Balaban J connectivity index is 1.34. The number of amides is 1. The molecule has 1 amide bonds. The van der Waals surface area contributed by atoms with Crippen LogP contribution >= 0.6 is 0 Å². The quantitative estimate of drug-likeness (QED) is 0.595. The number of piperidine rings is 1. The average Bonchev–Trinajstić information content (AvgIpc) is 3.44. The Labute approximate surface area is 203 Å². The summed E-state index contributed by atoms with van der Waals surface area (Å²) in [6, 6.07) is 5.80. The molecule has 35 heavy (non-hydrogen) atoms. The van der Waals surface area contributed by atoms with Crippen molar-refractivity contribution in [2.45, 2.75) is 57.3 Å². The van der Waals surface area contributed by atoms with E-state index in [4.69, 9.17) is 15.5 Å². The van der Waals surface area contributed by atoms with Crippen LogP contribution in [0.15, 0.2) is 24.4 Å². The summed E-state index contributed by atoms with van der Waals surface area (Å²) in [6.07, 6.45) is 5.34. The number of anilines is 3. The molecule has 3 aromatic rings. The summed E-state index contributed by atoms with van der Waals surface area (Å²) >= 11 is 0. The lowest BCUT2D eigenvalue weighted by Gasteiger charge is -2.40. The van der Waals surface area contributed by atoms with Gasteiger partial charge >= 0.3 is 0 Å². The molecule has 8 heteroatoms. The molecule has 2 atom stereocenters. The Hall–Kier alpha value is -3.26. The number of aromatic nitrogens is 2. The van der Waals surface area contributed by atoms with Gasteiger partial charge in [0.25, 0.3) is 0 Å². The molecule has 1 saturated carbocycles. The van der Waals surface area contributed by atoms with Crippen LogP contribution in [0.4, 0.5) is 21.7 Å². The highest BCUT2D eigenvalue weighted by Crippen LogP contribution is 2.58. The third-order valence-corrected chi connectivity index (χ3v) is 8.50. The van der Waals surface area contributed by atoms with Gasteiger partial charge in [-0.1, -0.05) is 13.0 Å². The van der Waals surface area contributed by atoms with Gasteiger partial charge in [-0.3, -0.25) is 4.79 Å². The van der Waals surface area contributed by atoms with E-state index in [2.05, 4.69) is 28.9 Å². The van der Waals surface area contributed by atoms with Crippen molar-refractivity contribution in [1.82, 2.24) is 9.97 Å². The number of benzene rings is 1. The van der Waals surface area contributed by atoms with Crippen LogP contribution in [0.5, 0.6) is 0 Å². The zero-order valence-corrected chi connectivity index (χ0v) is 20.0. The number of carbonyl (C=O) groups is 1. The fourth-order valence-electron chi connectivity index (χ4n) is 6.44. The second kappa shape index (κ2) is 7.13. The van der Waals surface area contributed by atoms with Gasteiger partial charge in [0.05, 0.1) is 42.1 Å². The summed E-state index contributed by atoms with van der Waals surface area (Å²) < 4.78 is 21.1. The minimum absolute atomic E-state index is 0.0150. The maximum absolute atomic E-state index is 15.4. The summed E-state index contributed by atoms with van der Waals surface area (Å²) in [5, 5.41) is 1.01. The zero-order valence-electron chi connectivity index (χ0n) is 20.0. The molecule has 1 spiro atoms. The summed E-state index contributed by atoms with van der Waals surface area (Å²) in [5.74, 6) is 1.56. The molecule has 0 radical (unpaired) electrons. The number of nitrogens with two attached hydrogens (primary N) is 1. The molecule has 7 rings (SSSR count). The number of nitrogens with zero attached hydrogens (tertiary/aromatic N) is 4. The standard InChI is InChI=1S/C27H28FN5O2/c1-14-3-4-22(15-7-19-24(20(28)8-15)32(2)26(34)27(19)5-6-27)33(11-14)23-9-16-17-12-35-13-18(17)25(29)31-21(16)10-30-23/h7-10,14,22H,3-6,11-13H2,1-2H3,(H2,29,31)/t14-,22?/m0/s1. The maximum Gasteiger partial charge on any atom is 0.237 e. The van der Waals surface area contributed by atoms with Gasteiger partial charge in [0, 0.05) is 24.5 Å². The summed E-state index contributed by atoms with van der Waals surface area (Å²) in [7, 11) is 1.69. The van der Waals surface area contributed by atoms with Crippen LogP contribution in [0.2, 0.25) is 0 Å². The van der Waals surface area contributed by atoms with Gasteiger partial charge in [0.15, 0.2) is 0 Å². The van der Waals surface area contributed by atoms with Gasteiger partial charge in [0.2, 0.25) is 5.91 Å². The van der Waals surface area contributed by atoms with Crippen LogP contribution in [0, 0.1) is 11.7 Å². The van der Waals surface area contributed by atoms with E-state index in [0.29, 0.717) is 30.6 Å². The topological polar surface area (TPSA) is 84.6 Å². The zero-order chi connectivity index (χ0) is 24.1. The Morgan fingerprint density at radius 2 is 1.97 bits per heavy atom. The molecule has 5 heterocycles. The lowest BCUT2D eigenvalue weighted by Crippen LogP contribution is -2.38. The molecule has 4 aliphatic rings. The van der Waals surface area contributed by atoms with Crippen molar-refractivity contribution in [3.8, 4) is 0 Å². The van der Waals surface area contributed by atoms with Crippen molar-refractivity contribution >= 4 is 34.1 Å². The number of halogens is 1. The Bertz CT molecular complexity index is 1420. The first-order valence-electron chi connectivity index (χ1n) is 12.4. The second-order valence-electron chi connectivity index (χ2n) is 10.7.